The molecule has 0 aromatic carbocycles. The van der Waals surface area contributed by atoms with Crippen LogP contribution in [0.1, 0.15) is 46.0 Å². The Morgan fingerprint density at radius 3 is 2.42 bits per heavy atom. The number of nitrogens with zero attached hydrogens (tertiary/aromatic N) is 1. The summed E-state index contributed by atoms with van der Waals surface area (Å²) in [6, 6.07) is 0.601. The van der Waals surface area contributed by atoms with E-state index in [1.165, 1.54) is 12.8 Å². The van der Waals surface area contributed by atoms with Crippen LogP contribution in [0.4, 0.5) is 0 Å². The molecule has 0 aromatic rings. The van der Waals surface area contributed by atoms with Gasteiger partial charge in [-0.25, -0.2) is 0 Å². The highest BCUT2D eigenvalue weighted by Crippen LogP contribution is 2.27. The van der Waals surface area contributed by atoms with E-state index in [2.05, 4.69) is 18.7 Å². The first-order chi connectivity index (χ1) is 5.79. The molecule has 0 aromatic heterocycles. The molecular formula is C10H19NO. The zero-order valence-electron chi connectivity index (χ0n) is 8.18. The molecule has 0 saturated heterocycles. The van der Waals surface area contributed by atoms with Crippen LogP contribution in [-0.2, 0) is 4.79 Å². The lowest BCUT2D eigenvalue weighted by Crippen LogP contribution is -2.33. The molecule has 0 N–H and O–H groups in total. The molecule has 1 amide bonds. The van der Waals surface area contributed by atoms with Crippen LogP contribution in [0, 0.1) is 0 Å². The Hall–Kier alpha value is -0.530. The van der Waals surface area contributed by atoms with Crippen LogP contribution in [0.25, 0.3) is 0 Å². The first kappa shape index (κ1) is 9.56. The van der Waals surface area contributed by atoms with Crippen LogP contribution < -0.4 is 0 Å². The largest absolute Gasteiger partial charge is 0.340 e. The van der Waals surface area contributed by atoms with Gasteiger partial charge in [0.05, 0.1) is 0 Å². The Morgan fingerprint density at radius 1 is 1.33 bits per heavy atom. The summed E-state index contributed by atoms with van der Waals surface area (Å²) in [7, 11) is 0. The van der Waals surface area contributed by atoms with E-state index in [1.807, 2.05) is 0 Å². The molecule has 70 valence electrons. The molecule has 0 radical (unpaired) electrons. The second kappa shape index (κ2) is 4.48. The summed E-state index contributed by atoms with van der Waals surface area (Å²) in [6.45, 7) is 5.16. The van der Waals surface area contributed by atoms with Crippen molar-refractivity contribution in [2.75, 3.05) is 6.54 Å². The van der Waals surface area contributed by atoms with Gasteiger partial charge in [-0.1, -0.05) is 13.8 Å². The molecule has 1 saturated carbocycles. The predicted molar refractivity (Wildman–Crippen MR) is 49.9 cm³/mol. The van der Waals surface area contributed by atoms with Crippen molar-refractivity contribution in [3.8, 4) is 0 Å². The molecular weight excluding hydrogens is 150 g/mol. The highest BCUT2D eigenvalue weighted by atomic mass is 16.2. The lowest BCUT2D eigenvalue weighted by Gasteiger charge is -2.21. The molecule has 1 fully saturated rings. The van der Waals surface area contributed by atoms with Gasteiger partial charge < -0.3 is 4.90 Å². The third-order valence-corrected chi connectivity index (χ3v) is 2.24. The lowest BCUT2D eigenvalue weighted by molar-refractivity contribution is -0.131. The number of hydrogen-bond acceptors (Lipinski definition) is 1. The van der Waals surface area contributed by atoms with E-state index in [-0.39, 0.29) is 0 Å². The fourth-order valence-corrected chi connectivity index (χ4v) is 1.50. The first-order valence-electron chi connectivity index (χ1n) is 5.09. The monoisotopic (exact) mass is 169 g/mol. The van der Waals surface area contributed by atoms with E-state index in [4.69, 9.17) is 0 Å². The molecule has 0 unspecified atom stereocenters. The van der Waals surface area contributed by atoms with Crippen molar-refractivity contribution in [2.45, 2.75) is 52.0 Å². The molecule has 12 heavy (non-hydrogen) atoms. The zero-order valence-corrected chi connectivity index (χ0v) is 8.18. The molecule has 2 heteroatoms. The summed E-state index contributed by atoms with van der Waals surface area (Å²) >= 11 is 0. The number of carbonyl (C=O) groups is 1. The van der Waals surface area contributed by atoms with Crippen molar-refractivity contribution >= 4 is 5.91 Å². The smallest absolute Gasteiger partial charge is 0.222 e. The minimum absolute atomic E-state index is 0.363. The summed E-state index contributed by atoms with van der Waals surface area (Å²) in [5.41, 5.74) is 0. The van der Waals surface area contributed by atoms with Gasteiger partial charge in [0, 0.05) is 19.0 Å². The van der Waals surface area contributed by atoms with Gasteiger partial charge >= 0.3 is 0 Å². The third-order valence-electron chi connectivity index (χ3n) is 2.24. The van der Waals surface area contributed by atoms with Crippen LogP contribution in [0.3, 0.4) is 0 Å². The predicted octanol–water partition coefficient (Wildman–Crippen LogP) is 2.19. The summed E-state index contributed by atoms with van der Waals surface area (Å²) in [4.78, 5) is 13.6. The topological polar surface area (TPSA) is 20.3 Å². The summed E-state index contributed by atoms with van der Waals surface area (Å²) in [5.74, 6) is 0.363. The normalized spacial score (nSPS) is 16.2. The maximum Gasteiger partial charge on any atom is 0.222 e. The Kier molecular flexibility index (Phi) is 3.57. The molecule has 0 aliphatic heterocycles. The van der Waals surface area contributed by atoms with E-state index in [0.717, 1.165) is 25.8 Å². The molecule has 1 aliphatic rings. The average Bonchev–Trinajstić information content (AvgIpc) is 2.83. The summed E-state index contributed by atoms with van der Waals surface area (Å²) < 4.78 is 0. The van der Waals surface area contributed by atoms with Crippen LogP contribution in [0.2, 0.25) is 0 Å². The van der Waals surface area contributed by atoms with Crippen molar-refractivity contribution in [1.29, 1.82) is 0 Å². The van der Waals surface area contributed by atoms with Gasteiger partial charge in [0.2, 0.25) is 5.91 Å². The molecule has 2 nitrogen and oxygen atoms in total. The van der Waals surface area contributed by atoms with Crippen LogP contribution >= 0.6 is 0 Å². The van der Waals surface area contributed by atoms with E-state index >= 15 is 0 Å². The number of rotatable bonds is 5. The minimum atomic E-state index is 0.363. The van der Waals surface area contributed by atoms with Crippen LogP contribution in [-0.4, -0.2) is 23.4 Å². The Balaban J connectivity index is 2.34. The maximum absolute atomic E-state index is 11.5. The van der Waals surface area contributed by atoms with Crippen molar-refractivity contribution in [2.24, 2.45) is 0 Å². The van der Waals surface area contributed by atoms with Gasteiger partial charge in [0.1, 0.15) is 0 Å². The number of amides is 1. The summed E-state index contributed by atoms with van der Waals surface area (Å²) in [6.07, 6.45) is 5.26. The minimum Gasteiger partial charge on any atom is -0.340 e. The van der Waals surface area contributed by atoms with Gasteiger partial charge in [-0.05, 0) is 25.7 Å². The Bertz CT molecular complexity index is 152. The molecule has 0 heterocycles. The van der Waals surface area contributed by atoms with E-state index in [1.54, 1.807) is 0 Å². The molecule has 0 atom stereocenters. The number of hydrogen-bond donors (Lipinski definition) is 0. The highest BCUT2D eigenvalue weighted by Gasteiger charge is 2.30. The van der Waals surface area contributed by atoms with Crippen molar-refractivity contribution in [3.05, 3.63) is 0 Å². The van der Waals surface area contributed by atoms with Crippen LogP contribution in [0.5, 0.6) is 0 Å². The van der Waals surface area contributed by atoms with E-state index in [9.17, 15) is 4.79 Å². The first-order valence-corrected chi connectivity index (χ1v) is 5.09. The third kappa shape index (κ3) is 2.50. The summed E-state index contributed by atoms with van der Waals surface area (Å²) in [5, 5.41) is 0. The van der Waals surface area contributed by atoms with E-state index < -0.39 is 0 Å². The maximum atomic E-state index is 11.5. The lowest BCUT2D eigenvalue weighted by atomic mass is 10.3. The molecule has 1 rings (SSSR count). The van der Waals surface area contributed by atoms with Crippen molar-refractivity contribution in [3.63, 3.8) is 0 Å². The highest BCUT2D eigenvalue weighted by molar-refractivity contribution is 5.76. The fourth-order valence-electron chi connectivity index (χ4n) is 1.50. The second-order valence-electron chi connectivity index (χ2n) is 3.57. The molecule has 1 aliphatic carbocycles. The standard InChI is InChI=1S/C10H19NO/c1-3-5-10(12)11(8-4-2)9-6-7-9/h9H,3-8H2,1-2H3. The molecule has 0 spiro atoms. The quantitative estimate of drug-likeness (QED) is 0.617. The Morgan fingerprint density at radius 2 is 2.00 bits per heavy atom. The van der Waals surface area contributed by atoms with Gasteiger partial charge in [-0.3, -0.25) is 4.79 Å². The van der Waals surface area contributed by atoms with Gasteiger partial charge in [0.25, 0.3) is 0 Å². The van der Waals surface area contributed by atoms with Gasteiger partial charge in [-0.2, -0.15) is 0 Å². The van der Waals surface area contributed by atoms with Crippen LogP contribution in [0.15, 0.2) is 0 Å². The number of carbonyl (C=O) groups excluding carboxylic acids is 1. The van der Waals surface area contributed by atoms with E-state index in [0.29, 0.717) is 11.9 Å². The van der Waals surface area contributed by atoms with Gasteiger partial charge in [0.15, 0.2) is 0 Å². The second-order valence-corrected chi connectivity index (χ2v) is 3.57. The van der Waals surface area contributed by atoms with Crippen molar-refractivity contribution < 1.29 is 4.79 Å². The Labute approximate surface area is 74.9 Å². The zero-order chi connectivity index (χ0) is 8.97. The fraction of sp³-hybridized carbons (Fsp3) is 0.900. The van der Waals surface area contributed by atoms with Gasteiger partial charge in [-0.15, -0.1) is 0 Å². The molecule has 0 bridgehead atoms. The SMILES string of the molecule is CCCC(=O)N(CCC)C1CC1. The average molecular weight is 169 g/mol. The van der Waals surface area contributed by atoms with Crippen molar-refractivity contribution in [1.82, 2.24) is 4.90 Å².